The Hall–Kier alpha value is -1.85. The van der Waals surface area contributed by atoms with E-state index in [1.165, 1.54) is 6.07 Å². The Morgan fingerprint density at radius 2 is 1.86 bits per heavy atom. The lowest BCUT2D eigenvalue weighted by molar-refractivity contribution is -0.384. The molecule has 6 nitrogen and oxygen atoms in total. The van der Waals surface area contributed by atoms with E-state index >= 15 is 0 Å². The van der Waals surface area contributed by atoms with Gasteiger partial charge in [-0.25, -0.2) is 4.98 Å². The van der Waals surface area contributed by atoms with Crippen LogP contribution in [-0.2, 0) is 0 Å². The van der Waals surface area contributed by atoms with E-state index in [1.54, 1.807) is 6.07 Å². The molecule has 2 N–H and O–H groups in total. The summed E-state index contributed by atoms with van der Waals surface area (Å²) in [6, 6.07) is 3.13. The molecule has 1 heterocycles. The molecule has 1 aliphatic rings. The Morgan fingerprint density at radius 3 is 2.33 bits per heavy atom. The van der Waals surface area contributed by atoms with Crippen molar-refractivity contribution in [3.63, 3.8) is 0 Å². The van der Waals surface area contributed by atoms with Crippen molar-refractivity contribution in [1.29, 1.82) is 0 Å². The lowest BCUT2D eigenvalue weighted by atomic mass is 10.0. The number of hydrogen-bond acceptors (Lipinski definition) is 5. The van der Waals surface area contributed by atoms with E-state index in [4.69, 9.17) is 0 Å². The van der Waals surface area contributed by atoms with Crippen molar-refractivity contribution in [2.24, 2.45) is 16.7 Å². The molecule has 0 spiro atoms. The normalized spacial score (nSPS) is 19.1. The van der Waals surface area contributed by atoms with E-state index in [-0.39, 0.29) is 16.5 Å². The van der Waals surface area contributed by atoms with Crippen molar-refractivity contribution in [1.82, 2.24) is 4.98 Å². The van der Waals surface area contributed by atoms with Crippen LogP contribution in [0.5, 0.6) is 0 Å². The summed E-state index contributed by atoms with van der Waals surface area (Å²) in [7, 11) is 0. The number of aromatic nitrogens is 1. The fraction of sp³-hybridized carbons (Fsp3) is 0.667. The molecule has 2 rings (SSSR count). The van der Waals surface area contributed by atoms with Gasteiger partial charge in [0.2, 0.25) is 5.82 Å². The minimum absolute atomic E-state index is 0.0212. The maximum Gasteiger partial charge on any atom is 0.311 e. The number of hydrogen-bond donors (Lipinski definition) is 2. The minimum Gasteiger partial charge on any atom is -0.370 e. The highest BCUT2D eigenvalue weighted by molar-refractivity contribution is 5.60. The second-order valence-corrected chi connectivity index (χ2v) is 6.73. The van der Waals surface area contributed by atoms with E-state index in [9.17, 15) is 10.1 Å². The molecule has 0 unspecified atom stereocenters. The van der Waals surface area contributed by atoms with Crippen molar-refractivity contribution in [2.45, 2.75) is 34.6 Å². The lowest BCUT2D eigenvalue weighted by Crippen LogP contribution is -2.12. The van der Waals surface area contributed by atoms with Gasteiger partial charge in [-0.1, -0.05) is 27.7 Å². The van der Waals surface area contributed by atoms with Gasteiger partial charge in [0.05, 0.1) is 4.92 Å². The zero-order chi connectivity index (χ0) is 15.8. The van der Waals surface area contributed by atoms with Crippen LogP contribution < -0.4 is 10.6 Å². The van der Waals surface area contributed by atoms with Gasteiger partial charge in [-0.05, 0) is 29.7 Å². The molecule has 0 aliphatic heterocycles. The molecule has 1 aromatic rings. The Balaban J connectivity index is 2.15. The molecular weight excluding hydrogens is 268 g/mol. The average Bonchev–Trinajstić information content (AvgIpc) is 2.77. The fourth-order valence-corrected chi connectivity index (χ4v) is 3.05. The molecule has 0 saturated heterocycles. The van der Waals surface area contributed by atoms with Crippen molar-refractivity contribution in [3.8, 4) is 0 Å². The topological polar surface area (TPSA) is 80.1 Å². The summed E-state index contributed by atoms with van der Waals surface area (Å²) in [5.41, 5.74) is 0.509. The van der Waals surface area contributed by atoms with Gasteiger partial charge in [0.15, 0.2) is 0 Å². The summed E-state index contributed by atoms with van der Waals surface area (Å²) in [5.74, 6) is 1.48. The van der Waals surface area contributed by atoms with Gasteiger partial charge in [-0.3, -0.25) is 10.1 Å². The second kappa shape index (κ2) is 5.16. The first kappa shape index (κ1) is 15.5. The van der Waals surface area contributed by atoms with E-state index < -0.39 is 4.92 Å². The molecule has 1 fully saturated rings. The average molecular weight is 292 g/mol. The van der Waals surface area contributed by atoms with Gasteiger partial charge in [-0.15, -0.1) is 0 Å². The van der Waals surface area contributed by atoms with Crippen LogP contribution in [0.4, 0.5) is 17.3 Å². The molecule has 0 amide bonds. The summed E-state index contributed by atoms with van der Waals surface area (Å²) < 4.78 is 0. The Morgan fingerprint density at radius 1 is 1.24 bits per heavy atom. The largest absolute Gasteiger partial charge is 0.370 e. The van der Waals surface area contributed by atoms with Crippen molar-refractivity contribution >= 4 is 17.3 Å². The lowest BCUT2D eigenvalue weighted by Gasteiger charge is -2.09. The molecule has 0 radical (unpaired) electrons. The predicted octanol–water partition coefficient (Wildman–Crippen LogP) is 3.52. The van der Waals surface area contributed by atoms with Gasteiger partial charge >= 0.3 is 5.69 Å². The van der Waals surface area contributed by atoms with Gasteiger partial charge in [0.1, 0.15) is 5.82 Å². The smallest absolute Gasteiger partial charge is 0.311 e. The van der Waals surface area contributed by atoms with Crippen LogP contribution in [0.2, 0.25) is 0 Å². The molecule has 21 heavy (non-hydrogen) atoms. The maximum absolute atomic E-state index is 11.1. The van der Waals surface area contributed by atoms with Gasteiger partial charge in [0, 0.05) is 19.2 Å². The van der Waals surface area contributed by atoms with E-state index in [1.807, 2.05) is 6.92 Å². The number of anilines is 2. The molecule has 6 heteroatoms. The summed E-state index contributed by atoms with van der Waals surface area (Å²) in [6.07, 6.45) is 0. The first-order chi connectivity index (χ1) is 9.71. The van der Waals surface area contributed by atoms with Crippen LogP contribution in [0, 0.1) is 26.9 Å². The zero-order valence-corrected chi connectivity index (χ0v) is 13.4. The van der Waals surface area contributed by atoms with Crippen LogP contribution in [0.25, 0.3) is 0 Å². The zero-order valence-electron chi connectivity index (χ0n) is 13.4. The van der Waals surface area contributed by atoms with Crippen LogP contribution in [-0.4, -0.2) is 23.0 Å². The number of nitrogens with zero attached hydrogens (tertiary/aromatic N) is 2. The first-order valence-electron chi connectivity index (χ1n) is 7.35. The van der Waals surface area contributed by atoms with Gasteiger partial charge in [-0.2, -0.15) is 0 Å². The van der Waals surface area contributed by atoms with Crippen LogP contribution in [0.15, 0.2) is 12.1 Å². The van der Waals surface area contributed by atoms with Crippen molar-refractivity contribution < 1.29 is 4.92 Å². The summed E-state index contributed by atoms with van der Waals surface area (Å²) in [5, 5.41) is 17.4. The molecule has 116 valence electrons. The van der Waals surface area contributed by atoms with E-state index in [0.29, 0.717) is 24.1 Å². The predicted molar refractivity (Wildman–Crippen MR) is 84.6 cm³/mol. The van der Waals surface area contributed by atoms with Crippen LogP contribution in [0.1, 0.15) is 34.6 Å². The molecule has 0 atom stereocenters. The third-order valence-corrected chi connectivity index (χ3v) is 5.22. The van der Waals surface area contributed by atoms with Gasteiger partial charge < -0.3 is 10.6 Å². The fourth-order valence-electron chi connectivity index (χ4n) is 3.05. The Bertz CT molecular complexity index is 541. The van der Waals surface area contributed by atoms with Gasteiger partial charge in [0.25, 0.3) is 0 Å². The minimum atomic E-state index is -0.395. The summed E-state index contributed by atoms with van der Waals surface area (Å²) >= 11 is 0. The molecule has 1 saturated carbocycles. The third-order valence-electron chi connectivity index (χ3n) is 5.22. The molecule has 0 bridgehead atoms. The highest BCUT2D eigenvalue weighted by atomic mass is 16.6. The number of nitrogens with one attached hydrogen (secondary N) is 2. The highest BCUT2D eigenvalue weighted by Crippen LogP contribution is 2.68. The quantitative estimate of drug-likeness (QED) is 0.619. The number of rotatable bonds is 6. The molecular formula is C15H24N4O2. The van der Waals surface area contributed by atoms with Crippen LogP contribution in [0.3, 0.4) is 0 Å². The number of pyridine rings is 1. The number of nitro groups is 1. The van der Waals surface area contributed by atoms with Crippen molar-refractivity contribution in [2.75, 3.05) is 23.7 Å². The maximum atomic E-state index is 11.1. The second-order valence-electron chi connectivity index (χ2n) is 6.73. The Kier molecular flexibility index (Phi) is 3.82. The van der Waals surface area contributed by atoms with Crippen molar-refractivity contribution in [3.05, 3.63) is 22.2 Å². The standard InChI is InChI=1S/C15H24N4O2/c1-6-16-12-8-7-10(19(20)21)13(18-12)17-9-11-14(2,3)15(11,4)5/h7-8,11H,6,9H2,1-5H3,(H2,16,17,18). The monoisotopic (exact) mass is 292 g/mol. The highest BCUT2D eigenvalue weighted by Gasteiger charge is 2.64. The first-order valence-corrected chi connectivity index (χ1v) is 7.35. The summed E-state index contributed by atoms with van der Waals surface area (Å²) in [6.45, 7) is 12.3. The molecule has 0 aromatic carbocycles. The Labute approximate surface area is 125 Å². The third kappa shape index (κ3) is 2.66. The molecule has 1 aliphatic carbocycles. The van der Waals surface area contributed by atoms with E-state index in [0.717, 1.165) is 6.54 Å². The summed E-state index contributed by atoms with van der Waals surface area (Å²) in [4.78, 5) is 15.0. The van der Waals surface area contributed by atoms with E-state index in [2.05, 4.69) is 43.3 Å². The van der Waals surface area contributed by atoms with Crippen LogP contribution >= 0.6 is 0 Å². The SMILES string of the molecule is CCNc1ccc([N+](=O)[O-])c(NCC2C(C)(C)C2(C)C)n1. The molecule has 1 aromatic heterocycles.